The summed E-state index contributed by atoms with van der Waals surface area (Å²) in [5.74, 6) is -2.24. The maximum Gasteiger partial charge on any atom is 0.339 e. The Labute approximate surface area is 140 Å². The highest BCUT2D eigenvalue weighted by atomic mass is 32.2. The van der Waals surface area contributed by atoms with Crippen molar-refractivity contribution in [2.45, 2.75) is 4.21 Å². The number of hydrogen-bond donors (Lipinski definition) is 1. The van der Waals surface area contributed by atoms with Crippen LogP contribution in [0.25, 0.3) is 0 Å². The number of Topliss-reactive ketones (excluding diaryl/α,β-unsaturated/α-hetero) is 1. The zero-order chi connectivity index (χ0) is 17.9. The Morgan fingerprint density at radius 3 is 2.50 bits per heavy atom. The molecule has 1 heterocycles. The molecule has 0 fully saturated rings. The number of rotatable bonds is 6. The number of methoxy groups -OCH3 is 1. The maximum absolute atomic E-state index is 13.5. The van der Waals surface area contributed by atoms with E-state index in [0.29, 0.717) is 0 Å². The predicted octanol–water partition coefficient (Wildman–Crippen LogP) is 1.58. The third-order valence-electron chi connectivity index (χ3n) is 2.90. The van der Waals surface area contributed by atoms with Gasteiger partial charge < -0.3 is 9.47 Å². The van der Waals surface area contributed by atoms with Crippen molar-refractivity contribution in [1.82, 2.24) is 0 Å². The number of ether oxygens (including phenoxy) is 2. The molecule has 2 aromatic rings. The molecule has 0 aliphatic carbocycles. The van der Waals surface area contributed by atoms with E-state index in [9.17, 15) is 22.4 Å². The molecule has 24 heavy (non-hydrogen) atoms. The first-order valence-corrected chi connectivity index (χ1v) is 8.80. The van der Waals surface area contributed by atoms with Crippen LogP contribution in [0.3, 0.4) is 0 Å². The molecule has 0 saturated heterocycles. The first-order valence-electron chi connectivity index (χ1n) is 6.37. The lowest BCUT2D eigenvalue weighted by Gasteiger charge is -2.05. The smallest absolute Gasteiger partial charge is 0.339 e. The zero-order valence-electron chi connectivity index (χ0n) is 12.3. The lowest BCUT2D eigenvalue weighted by molar-refractivity contribution is 0.0475. The average molecular weight is 373 g/mol. The fraction of sp³-hybridized carbons (Fsp3) is 0.143. The van der Waals surface area contributed by atoms with Crippen LogP contribution in [0.4, 0.5) is 4.39 Å². The zero-order valence-corrected chi connectivity index (χ0v) is 13.9. The largest absolute Gasteiger partial charge is 0.494 e. The van der Waals surface area contributed by atoms with Gasteiger partial charge in [-0.15, -0.1) is 11.3 Å². The summed E-state index contributed by atoms with van der Waals surface area (Å²) in [5.41, 5.74) is -0.0330. The van der Waals surface area contributed by atoms with Gasteiger partial charge in [-0.1, -0.05) is 0 Å². The lowest BCUT2D eigenvalue weighted by atomic mass is 10.1. The van der Waals surface area contributed by atoms with Crippen LogP contribution in [0, 0.1) is 5.82 Å². The van der Waals surface area contributed by atoms with Crippen molar-refractivity contribution in [3.05, 3.63) is 46.6 Å². The molecule has 10 heteroatoms. The molecule has 0 radical (unpaired) electrons. The van der Waals surface area contributed by atoms with E-state index in [2.05, 4.69) is 0 Å². The minimum atomic E-state index is -3.91. The molecule has 0 bridgehead atoms. The predicted molar refractivity (Wildman–Crippen MR) is 83.3 cm³/mol. The van der Waals surface area contributed by atoms with Gasteiger partial charge in [-0.25, -0.2) is 22.7 Å². The van der Waals surface area contributed by atoms with E-state index in [1.54, 1.807) is 0 Å². The number of thiophene rings is 1. The number of ketones is 1. The van der Waals surface area contributed by atoms with Crippen molar-refractivity contribution in [3.8, 4) is 5.75 Å². The Morgan fingerprint density at radius 1 is 1.25 bits per heavy atom. The molecule has 1 aromatic carbocycles. The molecule has 0 unspecified atom stereocenters. The monoisotopic (exact) mass is 373 g/mol. The van der Waals surface area contributed by atoms with E-state index >= 15 is 0 Å². The minimum absolute atomic E-state index is 0.0108. The molecule has 2 N–H and O–H groups in total. The van der Waals surface area contributed by atoms with Gasteiger partial charge in [0.05, 0.1) is 12.7 Å². The van der Waals surface area contributed by atoms with Crippen LogP contribution in [-0.2, 0) is 14.8 Å². The van der Waals surface area contributed by atoms with E-state index in [4.69, 9.17) is 14.6 Å². The molecular formula is C14H12FNO6S2. The Bertz CT molecular complexity index is 890. The molecule has 0 aliphatic rings. The third-order valence-corrected chi connectivity index (χ3v) is 5.29. The topological polar surface area (TPSA) is 113 Å². The second-order valence-electron chi connectivity index (χ2n) is 4.55. The average Bonchev–Trinajstić information content (AvgIpc) is 3.02. The van der Waals surface area contributed by atoms with Crippen molar-refractivity contribution in [1.29, 1.82) is 0 Å². The highest BCUT2D eigenvalue weighted by molar-refractivity contribution is 7.91. The standard InChI is InChI=1S/C14H12FNO6S2/c1-21-12-3-2-8(4-10(12)15)11(17)6-22-14(18)9-5-13(23-7-9)24(16,19)20/h2-5,7H,6H2,1H3,(H2,16,19,20). The Balaban J connectivity index is 2.02. The first-order chi connectivity index (χ1) is 11.2. The molecule has 0 amide bonds. The molecule has 1 aromatic heterocycles. The van der Waals surface area contributed by atoms with Crippen LogP contribution < -0.4 is 9.88 Å². The Morgan fingerprint density at radius 2 is 1.96 bits per heavy atom. The number of sulfonamides is 1. The van der Waals surface area contributed by atoms with Crippen molar-refractivity contribution in [2.24, 2.45) is 5.14 Å². The maximum atomic E-state index is 13.5. The van der Waals surface area contributed by atoms with Gasteiger partial charge in [0.15, 0.2) is 24.0 Å². The third kappa shape index (κ3) is 4.16. The summed E-state index contributed by atoms with van der Waals surface area (Å²) in [7, 11) is -2.62. The number of halogens is 1. The van der Waals surface area contributed by atoms with Crippen LogP contribution in [0.2, 0.25) is 0 Å². The molecule has 128 valence electrons. The van der Waals surface area contributed by atoms with Crippen molar-refractivity contribution >= 4 is 33.1 Å². The van der Waals surface area contributed by atoms with E-state index in [0.717, 1.165) is 23.5 Å². The van der Waals surface area contributed by atoms with Crippen LogP contribution in [0.15, 0.2) is 33.9 Å². The molecule has 0 aliphatic heterocycles. The van der Waals surface area contributed by atoms with Crippen LogP contribution in [0.5, 0.6) is 5.75 Å². The van der Waals surface area contributed by atoms with Crippen molar-refractivity contribution in [2.75, 3.05) is 13.7 Å². The number of nitrogens with two attached hydrogens (primary N) is 1. The highest BCUT2D eigenvalue weighted by Crippen LogP contribution is 2.20. The van der Waals surface area contributed by atoms with Gasteiger partial charge in [-0.2, -0.15) is 0 Å². The lowest BCUT2D eigenvalue weighted by Crippen LogP contribution is -2.14. The quantitative estimate of drug-likeness (QED) is 0.608. The normalized spacial score (nSPS) is 11.1. The summed E-state index contributed by atoms with van der Waals surface area (Å²) in [5, 5.41) is 6.19. The number of primary sulfonamides is 1. The summed E-state index contributed by atoms with van der Waals surface area (Å²) in [6.07, 6.45) is 0. The van der Waals surface area contributed by atoms with Gasteiger partial charge in [-0.05, 0) is 24.3 Å². The summed E-state index contributed by atoms with van der Waals surface area (Å²) in [4.78, 5) is 23.7. The van der Waals surface area contributed by atoms with Gasteiger partial charge in [0.25, 0.3) is 0 Å². The van der Waals surface area contributed by atoms with E-state index in [-0.39, 0.29) is 21.1 Å². The summed E-state index contributed by atoms with van der Waals surface area (Å²) in [6.45, 7) is -0.620. The summed E-state index contributed by atoms with van der Waals surface area (Å²) in [6, 6.07) is 4.64. The van der Waals surface area contributed by atoms with Gasteiger partial charge in [0.1, 0.15) is 4.21 Å². The number of benzene rings is 1. The second-order valence-corrected chi connectivity index (χ2v) is 7.25. The molecule has 0 atom stereocenters. The minimum Gasteiger partial charge on any atom is -0.494 e. The molecular weight excluding hydrogens is 361 g/mol. The van der Waals surface area contributed by atoms with Crippen LogP contribution in [-0.4, -0.2) is 33.9 Å². The van der Waals surface area contributed by atoms with Gasteiger partial charge in [0, 0.05) is 10.9 Å². The fourth-order valence-electron chi connectivity index (χ4n) is 1.71. The van der Waals surface area contributed by atoms with E-state index in [1.165, 1.54) is 24.6 Å². The molecule has 0 saturated carbocycles. The van der Waals surface area contributed by atoms with E-state index in [1.807, 2.05) is 0 Å². The van der Waals surface area contributed by atoms with Gasteiger partial charge >= 0.3 is 5.97 Å². The van der Waals surface area contributed by atoms with Crippen molar-refractivity contribution in [3.63, 3.8) is 0 Å². The molecule has 2 rings (SSSR count). The number of hydrogen-bond acceptors (Lipinski definition) is 7. The van der Waals surface area contributed by atoms with Gasteiger partial charge in [0.2, 0.25) is 10.0 Å². The summed E-state index contributed by atoms with van der Waals surface area (Å²) >= 11 is 0.759. The van der Waals surface area contributed by atoms with Gasteiger partial charge in [-0.3, -0.25) is 4.79 Å². The van der Waals surface area contributed by atoms with E-state index < -0.39 is 34.2 Å². The number of esters is 1. The SMILES string of the molecule is COc1ccc(C(=O)COC(=O)c2csc(S(N)(=O)=O)c2)cc1F. The van der Waals surface area contributed by atoms with Crippen LogP contribution in [0.1, 0.15) is 20.7 Å². The number of carbonyl (C=O) groups excluding carboxylic acids is 2. The first kappa shape index (κ1) is 18.0. The Hall–Kier alpha value is -2.30. The van der Waals surface area contributed by atoms with Crippen molar-refractivity contribution < 1.29 is 31.9 Å². The highest BCUT2D eigenvalue weighted by Gasteiger charge is 2.18. The molecule has 7 nitrogen and oxygen atoms in total. The van der Waals surface area contributed by atoms with Crippen LogP contribution >= 0.6 is 11.3 Å². The Kier molecular flexibility index (Phi) is 5.32. The number of carbonyl (C=O) groups is 2. The second kappa shape index (κ2) is 7.07. The summed E-state index contributed by atoms with van der Waals surface area (Å²) < 4.78 is 45.2. The molecule has 0 spiro atoms. The fourth-order valence-corrected chi connectivity index (χ4v) is 3.28.